The molecule has 1 aromatic rings. The number of carbonyl (C=O) groups excluding carboxylic acids is 2. The summed E-state index contributed by atoms with van der Waals surface area (Å²) < 4.78 is 45.5. The van der Waals surface area contributed by atoms with Gasteiger partial charge in [0.25, 0.3) is 0 Å². The molecule has 0 aromatic heterocycles. The van der Waals surface area contributed by atoms with Gasteiger partial charge < -0.3 is 9.47 Å². The first kappa shape index (κ1) is 17.3. The van der Waals surface area contributed by atoms with Crippen LogP contribution in [0.2, 0.25) is 0 Å². The summed E-state index contributed by atoms with van der Waals surface area (Å²) in [6.45, 7) is 1.51. The van der Waals surface area contributed by atoms with E-state index in [0.29, 0.717) is 0 Å². The number of hydrogen-bond donors (Lipinski definition) is 0. The zero-order chi connectivity index (χ0) is 16.0. The molecular formula is C13H12ClF3O4. The molecule has 0 spiro atoms. The molecule has 0 atom stereocenters. The molecule has 0 radical (unpaired) electrons. The van der Waals surface area contributed by atoms with Crippen LogP contribution in [0.1, 0.15) is 34.1 Å². The predicted molar refractivity (Wildman–Crippen MR) is 68.7 cm³/mol. The number of carbonyl (C=O) groups is 2. The summed E-state index contributed by atoms with van der Waals surface area (Å²) >= 11 is 5.41. The second-order valence-electron chi connectivity index (χ2n) is 3.84. The lowest BCUT2D eigenvalue weighted by atomic mass is 10.1. The number of rotatable bonds is 6. The molecule has 0 aliphatic rings. The monoisotopic (exact) mass is 324 g/mol. The molecule has 0 aliphatic carbocycles. The number of hydrogen-bond acceptors (Lipinski definition) is 4. The van der Waals surface area contributed by atoms with Crippen LogP contribution in [-0.4, -0.2) is 30.6 Å². The van der Waals surface area contributed by atoms with Crippen molar-refractivity contribution in [2.75, 3.05) is 12.5 Å². The number of ether oxygens (including phenoxy) is 2. The summed E-state index contributed by atoms with van der Waals surface area (Å²) in [5, 5.41) is 0. The first-order valence-corrected chi connectivity index (χ1v) is 6.48. The van der Waals surface area contributed by atoms with Crippen LogP contribution in [0.3, 0.4) is 0 Å². The maximum Gasteiger partial charge on any atom is 0.573 e. The van der Waals surface area contributed by atoms with E-state index >= 15 is 0 Å². The van der Waals surface area contributed by atoms with Crippen LogP contribution in [-0.2, 0) is 4.74 Å². The quantitative estimate of drug-likeness (QED) is 0.456. The van der Waals surface area contributed by atoms with E-state index < -0.39 is 29.4 Å². The van der Waals surface area contributed by atoms with Crippen LogP contribution in [0, 0.1) is 0 Å². The van der Waals surface area contributed by atoms with Gasteiger partial charge in [0, 0.05) is 17.9 Å². The fourth-order valence-corrected chi connectivity index (χ4v) is 1.68. The average molecular weight is 325 g/mol. The van der Waals surface area contributed by atoms with Gasteiger partial charge in [-0.1, -0.05) is 6.07 Å². The summed E-state index contributed by atoms with van der Waals surface area (Å²) in [4.78, 5) is 23.2. The molecule has 0 heterocycles. The molecule has 0 unspecified atom stereocenters. The molecule has 0 fully saturated rings. The molecule has 116 valence electrons. The highest BCUT2D eigenvalue weighted by atomic mass is 35.5. The van der Waals surface area contributed by atoms with Gasteiger partial charge in [0.1, 0.15) is 11.3 Å². The van der Waals surface area contributed by atoms with E-state index in [2.05, 4.69) is 9.47 Å². The molecule has 0 bridgehead atoms. The minimum absolute atomic E-state index is 0.00276. The smallest absolute Gasteiger partial charge is 0.462 e. The van der Waals surface area contributed by atoms with Crippen LogP contribution in [0.15, 0.2) is 18.2 Å². The van der Waals surface area contributed by atoms with Gasteiger partial charge in [-0.2, -0.15) is 0 Å². The maximum atomic E-state index is 12.4. The van der Waals surface area contributed by atoms with Crippen molar-refractivity contribution < 1.29 is 32.2 Å². The Morgan fingerprint density at radius 1 is 1.29 bits per heavy atom. The normalized spacial score (nSPS) is 11.1. The van der Waals surface area contributed by atoms with Crippen LogP contribution < -0.4 is 4.74 Å². The van der Waals surface area contributed by atoms with Crippen molar-refractivity contribution in [1.29, 1.82) is 0 Å². The molecule has 0 saturated heterocycles. The van der Waals surface area contributed by atoms with Gasteiger partial charge in [-0.05, 0) is 19.1 Å². The van der Waals surface area contributed by atoms with Gasteiger partial charge in [0.15, 0.2) is 5.78 Å². The number of benzene rings is 1. The summed E-state index contributed by atoms with van der Waals surface area (Å²) in [6.07, 6.45) is -5.03. The van der Waals surface area contributed by atoms with E-state index in [1.54, 1.807) is 0 Å². The highest BCUT2D eigenvalue weighted by Crippen LogP contribution is 2.28. The van der Waals surface area contributed by atoms with E-state index in [4.69, 9.17) is 11.6 Å². The molecule has 21 heavy (non-hydrogen) atoms. The molecule has 1 rings (SSSR count). The zero-order valence-corrected chi connectivity index (χ0v) is 11.8. The number of halogens is 4. The lowest BCUT2D eigenvalue weighted by Gasteiger charge is -2.13. The standard InChI is InChI=1S/C13H12ClF3O4/c1-2-20-12(19)9-4-3-8(10(18)5-6-14)7-11(9)21-13(15,16)17/h3-4,7H,2,5-6H2,1H3. The van der Waals surface area contributed by atoms with Gasteiger partial charge in [-0.25, -0.2) is 4.79 Å². The second kappa shape index (κ2) is 7.31. The Labute approximate surface area is 123 Å². The Morgan fingerprint density at radius 2 is 1.95 bits per heavy atom. The Kier molecular flexibility index (Phi) is 6.02. The molecule has 0 aliphatic heterocycles. The largest absolute Gasteiger partial charge is 0.573 e. The van der Waals surface area contributed by atoms with Gasteiger partial charge >= 0.3 is 12.3 Å². The van der Waals surface area contributed by atoms with E-state index in [9.17, 15) is 22.8 Å². The first-order valence-electron chi connectivity index (χ1n) is 5.94. The second-order valence-corrected chi connectivity index (χ2v) is 4.22. The van der Waals surface area contributed by atoms with Crippen molar-refractivity contribution >= 4 is 23.4 Å². The Bertz CT molecular complexity index is 529. The first-order chi connectivity index (χ1) is 9.78. The molecule has 1 aromatic carbocycles. The van der Waals surface area contributed by atoms with E-state index in [-0.39, 0.29) is 24.5 Å². The van der Waals surface area contributed by atoms with E-state index in [0.717, 1.165) is 12.1 Å². The third kappa shape index (κ3) is 5.26. The van der Waals surface area contributed by atoms with Crippen LogP contribution in [0.5, 0.6) is 5.75 Å². The Morgan fingerprint density at radius 3 is 2.48 bits per heavy atom. The molecule has 0 N–H and O–H groups in total. The number of Topliss-reactive ketones (excluding diaryl/α,β-unsaturated/α-hetero) is 1. The highest BCUT2D eigenvalue weighted by Gasteiger charge is 2.33. The van der Waals surface area contributed by atoms with Gasteiger partial charge in [0.2, 0.25) is 0 Å². The summed E-state index contributed by atoms with van der Waals surface area (Å²) in [5.74, 6) is -2.16. The van der Waals surface area contributed by atoms with Crippen LogP contribution in [0.25, 0.3) is 0 Å². The number of esters is 1. The van der Waals surface area contributed by atoms with Gasteiger partial charge in [-0.3, -0.25) is 4.79 Å². The van der Waals surface area contributed by atoms with Crippen molar-refractivity contribution in [3.63, 3.8) is 0 Å². The molecule has 0 saturated carbocycles. The number of ketones is 1. The lowest BCUT2D eigenvalue weighted by molar-refractivity contribution is -0.274. The summed E-state index contributed by atoms with van der Waals surface area (Å²) in [7, 11) is 0. The molecule has 0 amide bonds. The van der Waals surface area contributed by atoms with Crippen LogP contribution in [0.4, 0.5) is 13.2 Å². The highest BCUT2D eigenvalue weighted by molar-refractivity contribution is 6.19. The fourth-order valence-electron chi connectivity index (χ4n) is 1.51. The van der Waals surface area contributed by atoms with Crippen LogP contribution >= 0.6 is 11.6 Å². The minimum atomic E-state index is -4.99. The molecular weight excluding hydrogens is 313 g/mol. The summed E-state index contributed by atoms with van der Waals surface area (Å²) in [5.41, 5.74) is -0.431. The topological polar surface area (TPSA) is 52.6 Å². The Balaban J connectivity index is 3.19. The molecule has 8 heteroatoms. The SMILES string of the molecule is CCOC(=O)c1ccc(C(=O)CCCl)cc1OC(F)(F)F. The van der Waals surface area contributed by atoms with Crippen molar-refractivity contribution in [2.45, 2.75) is 19.7 Å². The predicted octanol–water partition coefficient (Wildman–Crippen LogP) is 3.57. The van der Waals surface area contributed by atoms with Crippen molar-refractivity contribution in [2.24, 2.45) is 0 Å². The zero-order valence-electron chi connectivity index (χ0n) is 11.0. The Hall–Kier alpha value is -1.76. The van der Waals surface area contributed by atoms with Crippen molar-refractivity contribution in [1.82, 2.24) is 0 Å². The minimum Gasteiger partial charge on any atom is -0.462 e. The van der Waals surface area contributed by atoms with Crippen molar-refractivity contribution in [3.8, 4) is 5.75 Å². The third-order valence-electron chi connectivity index (χ3n) is 2.35. The van der Waals surface area contributed by atoms with E-state index in [1.807, 2.05) is 0 Å². The maximum absolute atomic E-state index is 12.4. The third-order valence-corrected chi connectivity index (χ3v) is 2.54. The van der Waals surface area contributed by atoms with E-state index in [1.165, 1.54) is 13.0 Å². The van der Waals surface area contributed by atoms with Gasteiger partial charge in [0.05, 0.1) is 6.61 Å². The van der Waals surface area contributed by atoms with Gasteiger partial charge in [-0.15, -0.1) is 24.8 Å². The number of alkyl halides is 4. The molecule has 4 nitrogen and oxygen atoms in total. The average Bonchev–Trinajstić information content (AvgIpc) is 2.37. The van der Waals surface area contributed by atoms with Crippen molar-refractivity contribution in [3.05, 3.63) is 29.3 Å². The summed E-state index contributed by atoms with van der Waals surface area (Å²) in [6, 6.07) is 3.14. The fraction of sp³-hybridized carbons (Fsp3) is 0.385. The lowest BCUT2D eigenvalue weighted by Crippen LogP contribution is -2.20.